The summed E-state index contributed by atoms with van der Waals surface area (Å²) in [4.78, 5) is 16.1. The number of rotatable bonds is 9. The van der Waals surface area contributed by atoms with Crippen molar-refractivity contribution >= 4 is 28.6 Å². The molecule has 1 aromatic heterocycles. The molecule has 0 aliphatic heterocycles. The van der Waals surface area contributed by atoms with Gasteiger partial charge in [0.25, 0.3) is 5.91 Å². The van der Waals surface area contributed by atoms with Crippen molar-refractivity contribution in [2.45, 2.75) is 52.4 Å². The normalized spacial score (nSPS) is 17.7. The summed E-state index contributed by atoms with van der Waals surface area (Å²) in [6, 6.07) is 18.8. The highest BCUT2D eigenvalue weighted by molar-refractivity contribution is 6.03. The summed E-state index contributed by atoms with van der Waals surface area (Å²) in [6.07, 6.45) is 13.8. The fraction of sp³-hybridized carbons (Fsp3) is 0.303. The summed E-state index contributed by atoms with van der Waals surface area (Å²) < 4.78 is 0. The van der Waals surface area contributed by atoms with Crippen LogP contribution >= 0.6 is 0 Å². The van der Waals surface area contributed by atoms with Crippen LogP contribution in [-0.4, -0.2) is 10.9 Å². The molecule has 0 saturated heterocycles. The molecule has 2 atom stereocenters. The van der Waals surface area contributed by atoms with Crippen molar-refractivity contribution in [2.75, 3.05) is 0 Å². The van der Waals surface area contributed by atoms with Gasteiger partial charge >= 0.3 is 0 Å². The quantitative estimate of drug-likeness (QED) is 0.294. The Morgan fingerprint density at radius 3 is 2.61 bits per heavy atom. The lowest BCUT2D eigenvalue weighted by Crippen LogP contribution is -2.26. The molecule has 0 spiro atoms. The Morgan fingerprint density at radius 1 is 1.11 bits per heavy atom. The number of aromatic nitrogens is 1. The zero-order chi connectivity index (χ0) is 25.5. The fourth-order valence-corrected chi connectivity index (χ4v) is 5.04. The molecule has 2 aliphatic carbocycles. The highest BCUT2D eigenvalue weighted by Crippen LogP contribution is 2.49. The van der Waals surface area contributed by atoms with Gasteiger partial charge in [0.2, 0.25) is 0 Å². The molecule has 1 fully saturated rings. The Kier molecular flexibility index (Phi) is 8.43. The molecule has 36 heavy (non-hydrogen) atoms. The van der Waals surface area contributed by atoms with Gasteiger partial charge in [0, 0.05) is 24.9 Å². The molecule has 2 N–H and O–H groups in total. The minimum atomic E-state index is -0.0389. The molecule has 2 aromatic carbocycles. The van der Waals surface area contributed by atoms with Crippen molar-refractivity contribution < 1.29 is 7.65 Å². The predicted molar refractivity (Wildman–Crippen MR) is 158 cm³/mol. The molecular weight excluding hydrogens is 440 g/mol. The van der Waals surface area contributed by atoms with Gasteiger partial charge in [0.05, 0.1) is 11.4 Å². The first kappa shape index (κ1) is 25.5. The maximum atomic E-state index is 12.7. The first-order valence-corrected chi connectivity index (χ1v) is 13.2. The third-order valence-electron chi connectivity index (χ3n) is 7.15. The van der Waals surface area contributed by atoms with Crippen LogP contribution in [0.3, 0.4) is 0 Å². The van der Waals surface area contributed by atoms with Gasteiger partial charge in [0.1, 0.15) is 0 Å². The van der Waals surface area contributed by atoms with Crippen molar-refractivity contribution in [3.8, 4) is 0 Å². The number of aryl methyl sites for hydroxylation is 1. The van der Waals surface area contributed by atoms with E-state index in [0.717, 1.165) is 39.7 Å². The molecule has 5 rings (SSSR count). The van der Waals surface area contributed by atoms with E-state index in [9.17, 15) is 4.79 Å². The number of fused-ring (bicyclic) bond motifs is 2. The SMILES string of the molecule is C=Cc1c(C(=C)NC(=O)C2=C(C)C=CC3CC23)[nH]c2ccccc12.CCCCCCc1ccccc1.[HH].[HH]. The first-order valence-electron chi connectivity index (χ1n) is 13.2. The second-order valence-corrected chi connectivity index (χ2v) is 9.85. The molecule has 2 aliphatic rings. The summed E-state index contributed by atoms with van der Waals surface area (Å²) >= 11 is 0. The molecule has 2 unspecified atom stereocenters. The first-order chi connectivity index (χ1) is 17.5. The Morgan fingerprint density at radius 2 is 1.86 bits per heavy atom. The Labute approximate surface area is 218 Å². The van der Waals surface area contributed by atoms with Crippen molar-refractivity contribution in [3.05, 3.63) is 108 Å². The van der Waals surface area contributed by atoms with E-state index >= 15 is 0 Å². The van der Waals surface area contributed by atoms with Gasteiger partial charge < -0.3 is 10.3 Å². The van der Waals surface area contributed by atoms with E-state index in [-0.39, 0.29) is 8.76 Å². The number of benzene rings is 2. The van der Waals surface area contributed by atoms with Crippen LogP contribution < -0.4 is 5.32 Å². The van der Waals surface area contributed by atoms with Gasteiger partial charge in [-0.2, -0.15) is 0 Å². The summed E-state index contributed by atoms with van der Waals surface area (Å²) in [7, 11) is 0. The molecule has 1 saturated carbocycles. The summed E-state index contributed by atoms with van der Waals surface area (Å²) in [5, 5.41) is 4.06. The molecule has 3 heteroatoms. The van der Waals surface area contributed by atoms with E-state index in [4.69, 9.17) is 0 Å². The lowest BCUT2D eigenvalue weighted by atomic mass is 9.97. The monoisotopic (exact) mass is 482 g/mol. The maximum absolute atomic E-state index is 12.7. The largest absolute Gasteiger partial charge is 0.353 e. The minimum absolute atomic E-state index is 0. The van der Waals surface area contributed by atoms with Gasteiger partial charge in [-0.15, -0.1) is 0 Å². The van der Waals surface area contributed by atoms with Crippen LogP contribution in [0, 0.1) is 11.8 Å². The molecule has 0 radical (unpaired) electrons. The van der Waals surface area contributed by atoms with Crippen LogP contribution in [-0.2, 0) is 11.2 Å². The van der Waals surface area contributed by atoms with Gasteiger partial charge in [-0.25, -0.2) is 0 Å². The second kappa shape index (κ2) is 11.9. The number of para-hydroxylation sites is 1. The van der Waals surface area contributed by atoms with Crippen molar-refractivity contribution in [2.24, 2.45) is 11.8 Å². The average Bonchev–Trinajstić information content (AvgIpc) is 3.58. The van der Waals surface area contributed by atoms with Crippen LogP contribution in [0.4, 0.5) is 0 Å². The number of nitrogens with one attached hydrogen (secondary N) is 2. The third-order valence-corrected chi connectivity index (χ3v) is 7.15. The van der Waals surface area contributed by atoms with E-state index in [0.29, 0.717) is 17.5 Å². The number of carbonyl (C=O) groups excluding carboxylic acids is 1. The standard InChI is InChI=1S/C21H20N2O.C12H18.2H2/c1-4-15-16-7-5-6-8-18(16)23-20(15)13(3)22-21(24)19-12(2)9-10-14-11-17(14)19;1-2-3-4-6-9-12-10-7-5-8-11-12;;/h4-10,14,17,23H,1,3,11H2,2H3,(H,22,24);5,7-8,10-11H,2-4,6,9H2,1H3;2*1H. The third kappa shape index (κ3) is 5.96. The van der Waals surface area contributed by atoms with Crippen LogP contribution in [0.5, 0.6) is 0 Å². The number of allylic oxidation sites excluding steroid dienone is 3. The van der Waals surface area contributed by atoms with Crippen LogP contribution in [0.15, 0.2) is 91.1 Å². The fourth-order valence-electron chi connectivity index (χ4n) is 5.04. The van der Waals surface area contributed by atoms with Gasteiger partial charge in [-0.1, -0.05) is 106 Å². The van der Waals surface area contributed by atoms with E-state index in [1.54, 1.807) is 6.08 Å². The molecular formula is C33H42N2O. The van der Waals surface area contributed by atoms with Gasteiger partial charge in [-0.3, -0.25) is 4.79 Å². The lowest BCUT2D eigenvalue weighted by molar-refractivity contribution is -0.116. The zero-order valence-corrected chi connectivity index (χ0v) is 21.6. The number of carbonyl (C=O) groups is 1. The van der Waals surface area contributed by atoms with Gasteiger partial charge in [0.15, 0.2) is 0 Å². The van der Waals surface area contributed by atoms with Crippen molar-refractivity contribution in [3.63, 3.8) is 0 Å². The molecule has 1 heterocycles. The van der Waals surface area contributed by atoms with Crippen molar-refractivity contribution in [1.82, 2.24) is 10.3 Å². The van der Waals surface area contributed by atoms with Crippen molar-refractivity contribution in [1.29, 1.82) is 0 Å². The molecule has 190 valence electrons. The lowest BCUT2D eigenvalue weighted by Gasteiger charge is -2.14. The second-order valence-electron chi connectivity index (χ2n) is 9.85. The van der Waals surface area contributed by atoms with Crippen LogP contribution in [0.2, 0.25) is 0 Å². The Hall–Kier alpha value is -3.59. The smallest absolute Gasteiger partial charge is 0.252 e. The number of hydrogen-bond donors (Lipinski definition) is 2. The predicted octanol–water partition coefficient (Wildman–Crippen LogP) is 8.72. The number of hydrogen-bond acceptors (Lipinski definition) is 1. The van der Waals surface area contributed by atoms with Crippen LogP contribution in [0.1, 0.15) is 65.6 Å². The highest BCUT2D eigenvalue weighted by Gasteiger charge is 2.43. The average molecular weight is 483 g/mol. The van der Waals surface area contributed by atoms with E-state index in [1.807, 2.05) is 31.2 Å². The van der Waals surface area contributed by atoms with Crippen LogP contribution in [0.25, 0.3) is 22.7 Å². The maximum Gasteiger partial charge on any atom is 0.252 e. The number of amides is 1. The van der Waals surface area contributed by atoms with E-state index < -0.39 is 0 Å². The summed E-state index contributed by atoms with van der Waals surface area (Å²) in [5.74, 6) is 0.881. The van der Waals surface area contributed by atoms with Gasteiger partial charge in [-0.05, 0) is 55.2 Å². The van der Waals surface area contributed by atoms with E-state index in [1.165, 1.54) is 37.7 Å². The zero-order valence-electron chi connectivity index (χ0n) is 21.6. The number of H-pyrrole nitrogens is 1. The Balaban J connectivity index is 0.000000311. The number of aromatic amines is 1. The van der Waals surface area contributed by atoms with E-state index in [2.05, 4.69) is 72.9 Å². The molecule has 0 bridgehead atoms. The molecule has 1 amide bonds. The number of unbranched alkanes of at least 4 members (excludes halogenated alkanes) is 3. The Bertz CT molecular complexity index is 1300. The highest BCUT2D eigenvalue weighted by atomic mass is 16.1. The molecule has 3 nitrogen and oxygen atoms in total. The summed E-state index contributed by atoms with van der Waals surface area (Å²) in [6.45, 7) is 12.2. The molecule has 3 aromatic rings. The topological polar surface area (TPSA) is 44.9 Å². The summed E-state index contributed by atoms with van der Waals surface area (Å²) in [5.41, 5.74) is 6.81. The minimum Gasteiger partial charge on any atom is -0.353 e.